The normalized spacial score (nSPS) is 21.6. The molecular formula is C49H62N6O10S2. The molecule has 4 fully saturated rings. The minimum Gasteiger partial charge on any atom is -0.490 e. The van der Waals surface area contributed by atoms with Gasteiger partial charge in [-0.05, 0) is 108 Å². The van der Waals surface area contributed by atoms with Crippen molar-refractivity contribution in [3.63, 3.8) is 0 Å². The Morgan fingerprint density at radius 1 is 0.597 bits per heavy atom. The molecule has 2 saturated carbocycles. The smallest absolute Gasteiger partial charge is 0.410 e. The van der Waals surface area contributed by atoms with Gasteiger partial charge in [0.05, 0.1) is 57.0 Å². The quantitative estimate of drug-likeness (QED) is 0.0868. The van der Waals surface area contributed by atoms with Crippen LogP contribution in [0.3, 0.4) is 0 Å². The van der Waals surface area contributed by atoms with E-state index in [1.807, 2.05) is 57.2 Å². The number of nitrogens with one attached hydrogen (secondary N) is 3. The number of likely N-dealkylation sites (tertiary alicyclic amines) is 1. The van der Waals surface area contributed by atoms with Gasteiger partial charge in [-0.3, -0.25) is 20.2 Å². The van der Waals surface area contributed by atoms with Crippen LogP contribution in [0.2, 0.25) is 0 Å². The van der Waals surface area contributed by atoms with Crippen LogP contribution in [0, 0.1) is 20.2 Å². The number of fused-ring (bicyclic) bond motifs is 4. The molecule has 4 aliphatic heterocycles. The molecule has 2 aliphatic carbocycles. The summed E-state index contributed by atoms with van der Waals surface area (Å²) < 4.78 is 30.2. The number of anilines is 4. The Hall–Kier alpha value is -5.27. The summed E-state index contributed by atoms with van der Waals surface area (Å²) in [4.78, 5) is 39.1. The third-order valence-electron chi connectivity index (χ3n) is 12.1. The van der Waals surface area contributed by atoms with Crippen LogP contribution in [0.4, 0.5) is 38.9 Å². The first-order valence-electron chi connectivity index (χ1n) is 22.3. The van der Waals surface area contributed by atoms with Crippen LogP contribution in [0.5, 0.6) is 11.5 Å². The molecular weight excluding hydrogens is 897 g/mol. The maximum atomic E-state index is 12.2. The van der Waals surface area contributed by atoms with E-state index in [-0.39, 0.29) is 66.6 Å². The van der Waals surface area contributed by atoms with E-state index in [1.54, 1.807) is 29.2 Å². The number of amides is 1. The Bertz CT molecular complexity index is 2410. The number of hydrogen-bond donors (Lipinski definition) is 3. The molecule has 4 heterocycles. The number of hydrogen-bond acceptors (Lipinski definition) is 15. The number of carbonyl (C=O) groups excluding carboxylic acids is 1. The van der Waals surface area contributed by atoms with Crippen molar-refractivity contribution < 1.29 is 38.3 Å². The molecule has 67 heavy (non-hydrogen) atoms. The highest BCUT2D eigenvalue weighted by atomic mass is 32.2. The summed E-state index contributed by atoms with van der Waals surface area (Å²) in [5, 5.41) is 32.2. The number of nitro groups is 2. The highest BCUT2D eigenvalue weighted by Crippen LogP contribution is 2.48. The zero-order chi connectivity index (χ0) is 45.2. The number of benzene rings is 4. The van der Waals surface area contributed by atoms with Crippen molar-refractivity contribution in [1.29, 1.82) is 0 Å². The van der Waals surface area contributed by atoms with Crippen molar-refractivity contribution >= 4 is 63.7 Å². The van der Waals surface area contributed by atoms with Crippen molar-refractivity contribution in [1.82, 2.24) is 10.2 Å². The van der Waals surface area contributed by atoms with Gasteiger partial charge in [-0.1, -0.05) is 38.4 Å². The van der Waals surface area contributed by atoms with Gasteiger partial charge in [0.15, 0.2) is 0 Å². The number of nitrogens with zero attached hydrogens (tertiary/aromatic N) is 3. The Morgan fingerprint density at radius 2 is 1.00 bits per heavy atom. The molecule has 0 spiro atoms. The Labute approximate surface area is 400 Å². The van der Waals surface area contributed by atoms with E-state index in [4.69, 9.17) is 23.7 Å². The lowest BCUT2D eigenvalue weighted by atomic mass is 9.91. The Balaban J connectivity index is 0.000000197. The van der Waals surface area contributed by atoms with Crippen LogP contribution in [-0.2, 0) is 14.2 Å². The lowest BCUT2D eigenvalue weighted by Crippen LogP contribution is -2.46. The van der Waals surface area contributed by atoms with Gasteiger partial charge in [0, 0.05) is 82.6 Å². The fraction of sp³-hybridized carbons (Fsp3) is 0.490. The summed E-state index contributed by atoms with van der Waals surface area (Å²) in [5.41, 5.74) is 3.40. The number of piperidine rings is 2. The van der Waals surface area contributed by atoms with Crippen molar-refractivity contribution in [3.8, 4) is 11.5 Å². The van der Waals surface area contributed by atoms with Crippen molar-refractivity contribution in [2.45, 2.75) is 149 Å². The number of ether oxygens (including phenoxy) is 5. The van der Waals surface area contributed by atoms with Gasteiger partial charge in [-0.15, -0.1) is 0 Å². The summed E-state index contributed by atoms with van der Waals surface area (Å²) in [7, 11) is 0. The number of non-ortho nitro benzene ring substituents is 2. The molecule has 4 aromatic carbocycles. The van der Waals surface area contributed by atoms with Gasteiger partial charge in [0.2, 0.25) is 0 Å². The van der Waals surface area contributed by atoms with Crippen LogP contribution in [-0.4, -0.2) is 89.2 Å². The zero-order valence-corrected chi connectivity index (χ0v) is 38.3. The van der Waals surface area contributed by atoms with Crippen molar-refractivity contribution in [2.24, 2.45) is 0 Å². The van der Waals surface area contributed by atoms with Gasteiger partial charge in [0.25, 0.3) is 11.4 Å². The molecule has 3 N–H and O–H groups in total. The van der Waals surface area contributed by atoms with Crippen LogP contribution in [0.15, 0.2) is 92.4 Å². The molecule has 0 aromatic heterocycles. The lowest BCUT2D eigenvalue weighted by Gasteiger charge is -2.40. The molecule has 0 bridgehead atoms. The topological polar surface area (TPSA) is 189 Å². The average Bonchev–Trinajstić information content (AvgIpc) is 3.26. The molecule has 6 aliphatic rings. The van der Waals surface area contributed by atoms with Gasteiger partial charge in [0.1, 0.15) is 29.3 Å². The summed E-state index contributed by atoms with van der Waals surface area (Å²) in [5.74, 6) is 1.61. The lowest BCUT2D eigenvalue weighted by molar-refractivity contribution is -0.385. The van der Waals surface area contributed by atoms with E-state index in [0.717, 1.165) is 118 Å². The minimum atomic E-state index is -0.482. The Kier molecular flexibility index (Phi) is 15.8. The van der Waals surface area contributed by atoms with E-state index in [0.29, 0.717) is 25.3 Å². The molecule has 1 amide bonds. The molecule has 0 unspecified atom stereocenters. The molecule has 4 aromatic rings. The van der Waals surface area contributed by atoms with E-state index in [9.17, 15) is 25.0 Å². The van der Waals surface area contributed by atoms with E-state index >= 15 is 0 Å². The van der Waals surface area contributed by atoms with Crippen LogP contribution in [0.25, 0.3) is 0 Å². The first-order chi connectivity index (χ1) is 31.3. The molecule has 2 saturated heterocycles. The second kappa shape index (κ2) is 21.4. The van der Waals surface area contributed by atoms with Crippen molar-refractivity contribution in [2.75, 3.05) is 36.8 Å². The number of carbonyl (C=O) groups is 1. The van der Waals surface area contributed by atoms with E-state index < -0.39 is 5.60 Å². The Morgan fingerprint density at radius 3 is 1.42 bits per heavy atom. The van der Waals surface area contributed by atoms with Gasteiger partial charge in [-0.25, -0.2) is 4.79 Å². The summed E-state index contributed by atoms with van der Waals surface area (Å²) >= 11 is 3.03. The second-order valence-corrected chi connectivity index (χ2v) is 20.4. The molecule has 0 atom stereocenters. The standard InChI is InChI=1S/C26H31N3O6S.C21H23N3O4S.2CH4/c1-26(2,3)35-25(30)28-10-8-17(9-11-28)33-19-13-20(14-19)34-18-5-7-22-24(15-18)36-23-12-16(29(31)32)4-6-21(23)27-22;25-24(26)13-1-3-18-20(9-13)29-21-12-15(2-4-19(21)23-18)28-17-10-16(11-17)27-14-5-7-22-8-6-14;;/h4-7,12,15,17,19-20,27H,8-11,13-14H2,1-3H3;1-4,9,12,14,16-17,22-23H,5-8,10-11H2;2*1H4. The highest BCUT2D eigenvalue weighted by molar-refractivity contribution is 8.00. The maximum Gasteiger partial charge on any atom is 0.410 e. The number of nitro benzene ring substituents is 2. The third-order valence-corrected chi connectivity index (χ3v) is 14.3. The molecule has 0 radical (unpaired) electrons. The van der Waals surface area contributed by atoms with E-state index in [2.05, 4.69) is 16.0 Å². The molecule has 10 rings (SSSR count). The first-order valence-corrected chi connectivity index (χ1v) is 24.0. The predicted octanol–water partition coefficient (Wildman–Crippen LogP) is 11.9. The summed E-state index contributed by atoms with van der Waals surface area (Å²) in [6.45, 7) is 9.03. The molecule has 18 heteroatoms. The van der Waals surface area contributed by atoms with Crippen LogP contribution in [0.1, 0.15) is 87.0 Å². The average molecular weight is 959 g/mol. The van der Waals surface area contributed by atoms with Gasteiger partial charge in [-0.2, -0.15) is 0 Å². The molecule has 360 valence electrons. The first kappa shape index (κ1) is 49.6. The monoisotopic (exact) mass is 958 g/mol. The molecule has 16 nitrogen and oxygen atoms in total. The van der Waals surface area contributed by atoms with E-state index in [1.165, 1.54) is 35.7 Å². The van der Waals surface area contributed by atoms with Crippen molar-refractivity contribution in [3.05, 3.63) is 93.0 Å². The predicted molar refractivity (Wildman–Crippen MR) is 261 cm³/mol. The fourth-order valence-electron chi connectivity index (χ4n) is 8.49. The van der Waals surface area contributed by atoms with Gasteiger partial charge >= 0.3 is 6.09 Å². The number of rotatable bonds is 10. The van der Waals surface area contributed by atoms with Gasteiger partial charge < -0.3 is 44.5 Å². The summed E-state index contributed by atoms with van der Waals surface area (Å²) in [6.07, 6.45) is 8.43. The third kappa shape index (κ3) is 12.4. The summed E-state index contributed by atoms with van der Waals surface area (Å²) in [6, 6.07) is 21.6. The fourth-order valence-corrected chi connectivity index (χ4v) is 10.6. The van der Waals surface area contributed by atoms with Crippen LogP contribution >= 0.6 is 23.5 Å². The van der Waals surface area contributed by atoms with Crippen LogP contribution < -0.4 is 25.4 Å². The largest absolute Gasteiger partial charge is 0.490 e. The maximum absolute atomic E-state index is 12.2. The second-order valence-electron chi connectivity index (χ2n) is 18.2. The zero-order valence-electron chi connectivity index (χ0n) is 36.6. The SMILES string of the molecule is C.C.CC(C)(C)OC(=O)N1CCC(OC2CC(Oc3ccc4c(c3)Sc3cc([N+](=O)[O-])ccc3N4)C2)CC1.O=[N+]([O-])c1ccc2c(c1)Sc1cc(OC3CC(OC4CCNCC4)C3)ccc1N2. The minimum absolute atomic E-state index is 0. The highest BCUT2D eigenvalue weighted by Gasteiger charge is 2.37.